The molecule has 1 aromatic rings. The van der Waals surface area contributed by atoms with Crippen LogP contribution in [0.15, 0.2) is 17.7 Å². The average Bonchev–Trinajstić information content (AvgIpc) is 2.52. The molecule has 1 aromatic carbocycles. The molecule has 0 unspecified atom stereocenters. The summed E-state index contributed by atoms with van der Waals surface area (Å²) >= 11 is 0. The maximum Gasteiger partial charge on any atom is 0.341 e. The van der Waals surface area contributed by atoms with Crippen LogP contribution in [0.5, 0.6) is 17.2 Å². The van der Waals surface area contributed by atoms with Gasteiger partial charge < -0.3 is 18.9 Å². The number of rotatable bonds is 3. The van der Waals surface area contributed by atoms with E-state index in [1.807, 2.05) is 0 Å². The molecule has 0 fully saturated rings. The van der Waals surface area contributed by atoms with Gasteiger partial charge in [0, 0.05) is 5.57 Å². The second-order valence-corrected chi connectivity index (χ2v) is 6.50. The molecule has 0 aliphatic carbocycles. The minimum Gasteiger partial charge on any atom is -0.493 e. The number of fused-ring (bicyclic) bond motifs is 1. The molecule has 0 amide bonds. The van der Waals surface area contributed by atoms with Gasteiger partial charge in [-0.05, 0) is 51.5 Å². The lowest BCUT2D eigenvalue weighted by Crippen LogP contribution is -2.26. The Morgan fingerprint density at radius 3 is 2.46 bits per heavy atom. The van der Waals surface area contributed by atoms with Crippen molar-refractivity contribution in [1.82, 2.24) is 0 Å². The van der Waals surface area contributed by atoms with Crippen LogP contribution in [0.1, 0.15) is 33.3 Å². The molecule has 1 heterocycles. The second-order valence-electron chi connectivity index (χ2n) is 6.50. The normalized spacial score (nSPS) is 14.1. The summed E-state index contributed by atoms with van der Waals surface area (Å²) in [6, 6.07) is 3.48. The van der Waals surface area contributed by atoms with Crippen LogP contribution in [0.3, 0.4) is 0 Å². The fraction of sp³-hybridized carbons (Fsp3) is 0.444. The number of carbonyl (C=O) groups is 2. The third kappa shape index (κ3) is 4.07. The Morgan fingerprint density at radius 1 is 1.17 bits per heavy atom. The molecule has 130 valence electrons. The zero-order valence-corrected chi connectivity index (χ0v) is 14.6. The minimum absolute atomic E-state index is 0.298. The van der Waals surface area contributed by atoms with E-state index < -0.39 is 17.4 Å². The molecule has 0 radical (unpaired) electrons. The molecule has 1 aliphatic rings. The Bertz CT molecular complexity index is 664. The Hall–Kier alpha value is -2.50. The lowest BCUT2D eigenvalue weighted by molar-refractivity contribution is -0.163. The fourth-order valence-electron chi connectivity index (χ4n) is 2.00. The number of ether oxygens (including phenoxy) is 4. The van der Waals surface area contributed by atoms with Crippen LogP contribution in [0.2, 0.25) is 0 Å². The Kier molecular flexibility index (Phi) is 5.17. The van der Waals surface area contributed by atoms with E-state index in [0.29, 0.717) is 41.6 Å². The van der Waals surface area contributed by atoms with Crippen LogP contribution in [0.25, 0.3) is 6.08 Å². The Balaban J connectivity index is 2.23. The van der Waals surface area contributed by atoms with Gasteiger partial charge in [-0.3, -0.25) is 4.79 Å². The van der Waals surface area contributed by atoms with Gasteiger partial charge in [0.25, 0.3) is 0 Å². The summed E-state index contributed by atoms with van der Waals surface area (Å²) in [6.45, 7) is 7.55. The van der Waals surface area contributed by atoms with Gasteiger partial charge >= 0.3 is 11.9 Å². The summed E-state index contributed by atoms with van der Waals surface area (Å²) in [5.41, 5.74) is 0.246. The van der Waals surface area contributed by atoms with Crippen LogP contribution < -0.4 is 14.2 Å². The average molecular weight is 334 g/mol. The third-order valence-corrected chi connectivity index (χ3v) is 3.35. The number of hydrogen-bond donors (Lipinski definition) is 0. The highest BCUT2D eigenvalue weighted by Crippen LogP contribution is 2.40. The first-order chi connectivity index (χ1) is 11.2. The molecule has 0 aromatic heterocycles. The molecular formula is C18H22O6. The number of hydrogen-bond acceptors (Lipinski definition) is 6. The van der Waals surface area contributed by atoms with E-state index in [1.165, 1.54) is 7.11 Å². The van der Waals surface area contributed by atoms with E-state index in [0.717, 1.165) is 0 Å². The summed E-state index contributed by atoms with van der Waals surface area (Å²) in [6.07, 6.45) is 1.61. The molecule has 6 heteroatoms. The summed E-state index contributed by atoms with van der Waals surface area (Å²) in [7, 11) is 1.53. The van der Waals surface area contributed by atoms with Gasteiger partial charge in [-0.25, -0.2) is 4.79 Å². The Labute approximate surface area is 141 Å². The van der Waals surface area contributed by atoms with Gasteiger partial charge in [0.1, 0.15) is 13.2 Å². The molecule has 0 saturated carbocycles. The van der Waals surface area contributed by atoms with Crippen LogP contribution in [-0.2, 0) is 14.3 Å². The number of esters is 2. The van der Waals surface area contributed by atoms with Crippen molar-refractivity contribution in [2.75, 3.05) is 20.3 Å². The Morgan fingerprint density at radius 2 is 1.83 bits per heavy atom. The summed E-state index contributed by atoms with van der Waals surface area (Å²) in [4.78, 5) is 23.8. The molecule has 6 nitrogen and oxygen atoms in total. The monoisotopic (exact) mass is 334 g/mol. The molecule has 2 rings (SSSR count). The highest BCUT2D eigenvalue weighted by molar-refractivity contribution is 6.00. The van der Waals surface area contributed by atoms with Crippen molar-refractivity contribution in [3.63, 3.8) is 0 Å². The van der Waals surface area contributed by atoms with E-state index in [-0.39, 0.29) is 0 Å². The van der Waals surface area contributed by atoms with Crippen molar-refractivity contribution in [2.45, 2.75) is 27.7 Å². The van der Waals surface area contributed by atoms with Gasteiger partial charge in [0.05, 0.1) is 12.5 Å². The zero-order valence-electron chi connectivity index (χ0n) is 14.6. The molecule has 24 heavy (non-hydrogen) atoms. The van der Waals surface area contributed by atoms with Crippen LogP contribution in [0, 0.1) is 5.41 Å². The van der Waals surface area contributed by atoms with Gasteiger partial charge in [0.2, 0.25) is 5.75 Å². The smallest absolute Gasteiger partial charge is 0.341 e. The van der Waals surface area contributed by atoms with Crippen LogP contribution >= 0.6 is 0 Å². The van der Waals surface area contributed by atoms with Crippen molar-refractivity contribution >= 4 is 18.0 Å². The van der Waals surface area contributed by atoms with Crippen molar-refractivity contribution in [1.29, 1.82) is 0 Å². The maximum absolute atomic E-state index is 12.0. The van der Waals surface area contributed by atoms with E-state index >= 15 is 0 Å². The standard InChI is InChI=1S/C18H22O6/c1-11(16(19)24-17(20)18(2,3)4)8-12-9-13(21-5)15-14(10-12)22-6-7-23-15/h8-10H,6-7H2,1-5H3/b11-8+. The predicted octanol–water partition coefficient (Wildman–Crippen LogP) is 2.99. The fourth-order valence-corrected chi connectivity index (χ4v) is 2.00. The van der Waals surface area contributed by atoms with E-state index in [1.54, 1.807) is 45.9 Å². The number of carbonyl (C=O) groups excluding carboxylic acids is 2. The lowest BCUT2D eigenvalue weighted by Gasteiger charge is -2.21. The maximum atomic E-state index is 12.0. The lowest BCUT2D eigenvalue weighted by atomic mass is 9.97. The van der Waals surface area contributed by atoms with Crippen LogP contribution in [-0.4, -0.2) is 32.3 Å². The van der Waals surface area contributed by atoms with Gasteiger partial charge in [-0.15, -0.1) is 0 Å². The van der Waals surface area contributed by atoms with Crippen molar-refractivity contribution < 1.29 is 28.5 Å². The van der Waals surface area contributed by atoms with Gasteiger partial charge in [-0.1, -0.05) is 0 Å². The SMILES string of the molecule is COc1cc(/C=C(\C)C(=O)OC(=O)C(C)(C)C)cc2c1OCCO2. The number of methoxy groups -OCH3 is 1. The zero-order chi connectivity index (χ0) is 17.9. The summed E-state index contributed by atoms with van der Waals surface area (Å²) in [5.74, 6) is 0.372. The van der Waals surface area contributed by atoms with Gasteiger partial charge in [0.15, 0.2) is 11.5 Å². The second kappa shape index (κ2) is 6.95. The van der Waals surface area contributed by atoms with E-state index in [4.69, 9.17) is 18.9 Å². The molecule has 1 aliphatic heterocycles. The van der Waals surface area contributed by atoms with E-state index in [2.05, 4.69) is 0 Å². The van der Waals surface area contributed by atoms with E-state index in [9.17, 15) is 9.59 Å². The third-order valence-electron chi connectivity index (χ3n) is 3.35. The largest absolute Gasteiger partial charge is 0.493 e. The van der Waals surface area contributed by atoms with Crippen molar-refractivity contribution in [2.24, 2.45) is 5.41 Å². The minimum atomic E-state index is -0.740. The first-order valence-corrected chi connectivity index (χ1v) is 7.65. The highest BCUT2D eigenvalue weighted by Gasteiger charge is 2.26. The van der Waals surface area contributed by atoms with Gasteiger partial charge in [-0.2, -0.15) is 0 Å². The molecule has 0 N–H and O–H groups in total. The van der Waals surface area contributed by atoms with Crippen molar-refractivity contribution in [3.05, 3.63) is 23.3 Å². The first kappa shape index (κ1) is 17.8. The summed E-state index contributed by atoms with van der Waals surface area (Å²) < 4.78 is 21.3. The quantitative estimate of drug-likeness (QED) is 0.481. The highest BCUT2D eigenvalue weighted by atomic mass is 16.6. The first-order valence-electron chi connectivity index (χ1n) is 7.65. The topological polar surface area (TPSA) is 71.1 Å². The molecular weight excluding hydrogens is 312 g/mol. The predicted molar refractivity (Wildman–Crippen MR) is 88.2 cm³/mol. The number of benzene rings is 1. The molecule has 0 spiro atoms. The van der Waals surface area contributed by atoms with Crippen LogP contribution in [0.4, 0.5) is 0 Å². The molecule has 0 atom stereocenters. The molecule has 0 bridgehead atoms. The summed E-state index contributed by atoms with van der Waals surface area (Å²) in [5, 5.41) is 0. The molecule has 0 saturated heterocycles. The van der Waals surface area contributed by atoms with Crippen molar-refractivity contribution in [3.8, 4) is 17.2 Å².